The lowest BCUT2D eigenvalue weighted by Gasteiger charge is -2.41. The minimum absolute atomic E-state index is 0.0848. The maximum absolute atomic E-state index is 13.9. The number of nitrogens with two attached hydrogens (primary N) is 1. The van der Waals surface area contributed by atoms with Crippen LogP contribution in [0.1, 0.15) is 30.9 Å². The second kappa shape index (κ2) is 4.94. The molecule has 2 rings (SSSR count). The summed E-state index contributed by atoms with van der Waals surface area (Å²) < 4.78 is 33.0. The van der Waals surface area contributed by atoms with E-state index in [1.807, 2.05) is 6.07 Å². The fraction of sp³-hybridized carbons (Fsp3) is 0.571. The van der Waals surface area contributed by atoms with Crippen LogP contribution in [-0.4, -0.2) is 19.8 Å². The first-order valence-electron chi connectivity index (χ1n) is 6.31. The molecule has 1 saturated heterocycles. The molecule has 1 heterocycles. The van der Waals surface area contributed by atoms with Gasteiger partial charge in [-0.15, -0.1) is 0 Å². The summed E-state index contributed by atoms with van der Waals surface area (Å²) in [5, 5.41) is 0. The average Bonchev–Trinajstić information content (AvgIpc) is 2.29. The van der Waals surface area contributed by atoms with Gasteiger partial charge in [0.25, 0.3) is 5.92 Å². The van der Waals surface area contributed by atoms with Crippen molar-refractivity contribution in [2.75, 3.05) is 19.8 Å². The second-order valence-corrected chi connectivity index (χ2v) is 5.01. The van der Waals surface area contributed by atoms with Gasteiger partial charge in [-0.1, -0.05) is 31.5 Å². The van der Waals surface area contributed by atoms with Crippen molar-refractivity contribution in [3.63, 3.8) is 0 Å². The maximum Gasteiger partial charge on any atom is 0.273 e. The van der Waals surface area contributed by atoms with E-state index in [0.29, 0.717) is 26.2 Å². The Labute approximate surface area is 106 Å². The lowest BCUT2D eigenvalue weighted by atomic mass is 9.78. The molecule has 0 spiro atoms. The molecule has 1 aliphatic heterocycles. The van der Waals surface area contributed by atoms with Crippen LogP contribution in [0.15, 0.2) is 24.3 Å². The Kier molecular flexibility index (Phi) is 3.69. The largest absolute Gasteiger partial charge is 0.379 e. The Morgan fingerprint density at radius 2 is 2.11 bits per heavy atom. The number of hydrogen-bond acceptors (Lipinski definition) is 2. The van der Waals surface area contributed by atoms with Crippen LogP contribution >= 0.6 is 0 Å². The molecule has 1 aromatic carbocycles. The lowest BCUT2D eigenvalue weighted by Crippen LogP contribution is -2.52. The van der Waals surface area contributed by atoms with Gasteiger partial charge in [-0.3, -0.25) is 0 Å². The smallest absolute Gasteiger partial charge is 0.273 e. The molecule has 1 aliphatic rings. The van der Waals surface area contributed by atoms with Gasteiger partial charge in [-0.2, -0.15) is 0 Å². The fourth-order valence-corrected chi connectivity index (χ4v) is 2.29. The number of ether oxygens (including phenoxy) is 1. The number of alkyl halides is 2. The van der Waals surface area contributed by atoms with Gasteiger partial charge in [0.1, 0.15) is 0 Å². The highest BCUT2D eigenvalue weighted by Gasteiger charge is 2.40. The lowest BCUT2D eigenvalue weighted by molar-refractivity contribution is -0.0556. The number of halogens is 2. The van der Waals surface area contributed by atoms with Crippen molar-refractivity contribution in [2.24, 2.45) is 5.73 Å². The summed E-state index contributed by atoms with van der Waals surface area (Å²) in [5.74, 6) is -2.76. The van der Waals surface area contributed by atoms with Crippen LogP contribution in [0.5, 0.6) is 0 Å². The molecule has 0 bridgehead atoms. The van der Waals surface area contributed by atoms with Gasteiger partial charge in [-0.05, 0) is 11.6 Å². The monoisotopic (exact) mass is 255 g/mol. The molecule has 4 heteroatoms. The van der Waals surface area contributed by atoms with Crippen molar-refractivity contribution in [1.82, 2.24) is 0 Å². The molecule has 0 aliphatic carbocycles. The normalized spacial score (nSPS) is 18.4. The van der Waals surface area contributed by atoms with E-state index < -0.39 is 5.92 Å². The summed E-state index contributed by atoms with van der Waals surface area (Å²) in [6, 6.07) is 6.62. The molecule has 100 valence electrons. The van der Waals surface area contributed by atoms with Crippen molar-refractivity contribution in [3.05, 3.63) is 35.4 Å². The third-order valence-electron chi connectivity index (χ3n) is 3.61. The van der Waals surface area contributed by atoms with Crippen LogP contribution in [0.3, 0.4) is 0 Å². The highest BCUT2D eigenvalue weighted by atomic mass is 19.3. The van der Waals surface area contributed by atoms with E-state index in [9.17, 15) is 8.78 Å². The van der Waals surface area contributed by atoms with Gasteiger partial charge >= 0.3 is 0 Å². The second-order valence-electron chi connectivity index (χ2n) is 5.01. The molecular weight excluding hydrogens is 236 g/mol. The molecule has 2 N–H and O–H groups in total. The highest BCUT2D eigenvalue weighted by molar-refractivity contribution is 5.34. The summed E-state index contributed by atoms with van der Waals surface area (Å²) in [5.41, 5.74) is 6.44. The Morgan fingerprint density at radius 1 is 1.39 bits per heavy atom. The van der Waals surface area contributed by atoms with E-state index in [2.05, 4.69) is 0 Å². The van der Waals surface area contributed by atoms with Crippen molar-refractivity contribution in [1.29, 1.82) is 0 Å². The van der Waals surface area contributed by atoms with Crippen LogP contribution < -0.4 is 5.73 Å². The summed E-state index contributed by atoms with van der Waals surface area (Å²) in [6.07, 6.45) is 0.338. The zero-order valence-electron chi connectivity index (χ0n) is 10.6. The van der Waals surface area contributed by atoms with Crippen molar-refractivity contribution >= 4 is 0 Å². The topological polar surface area (TPSA) is 35.2 Å². The van der Waals surface area contributed by atoms with Crippen molar-refractivity contribution in [2.45, 2.75) is 31.1 Å². The predicted molar refractivity (Wildman–Crippen MR) is 66.8 cm³/mol. The van der Waals surface area contributed by atoms with Crippen LogP contribution in [0.2, 0.25) is 0 Å². The molecule has 2 nitrogen and oxygen atoms in total. The first-order valence-corrected chi connectivity index (χ1v) is 6.31. The van der Waals surface area contributed by atoms with E-state index in [1.165, 1.54) is 6.07 Å². The van der Waals surface area contributed by atoms with E-state index >= 15 is 0 Å². The SMILES string of the molecule is CCCC(F)(F)c1cccc(C2(CN)COC2)c1. The minimum atomic E-state index is -2.76. The summed E-state index contributed by atoms with van der Waals surface area (Å²) in [4.78, 5) is 0. The quantitative estimate of drug-likeness (QED) is 0.878. The predicted octanol–water partition coefficient (Wildman–Crippen LogP) is 2.81. The summed E-state index contributed by atoms with van der Waals surface area (Å²) in [7, 11) is 0. The van der Waals surface area contributed by atoms with Gasteiger partial charge in [0.05, 0.1) is 18.6 Å². The van der Waals surface area contributed by atoms with E-state index in [-0.39, 0.29) is 17.4 Å². The van der Waals surface area contributed by atoms with Crippen LogP contribution in [0.25, 0.3) is 0 Å². The zero-order valence-corrected chi connectivity index (χ0v) is 10.6. The van der Waals surface area contributed by atoms with E-state index in [4.69, 9.17) is 10.5 Å². The highest BCUT2D eigenvalue weighted by Crippen LogP contribution is 2.37. The molecule has 0 amide bonds. The van der Waals surface area contributed by atoms with Gasteiger partial charge in [-0.25, -0.2) is 8.78 Å². The minimum Gasteiger partial charge on any atom is -0.379 e. The molecule has 1 aromatic rings. The third-order valence-corrected chi connectivity index (χ3v) is 3.61. The number of rotatable bonds is 5. The molecule has 0 unspecified atom stereocenters. The van der Waals surface area contributed by atoms with Gasteiger partial charge in [0, 0.05) is 18.5 Å². The van der Waals surface area contributed by atoms with Gasteiger partial charge in [0.2, 0.25) is 0 Å². The molecule has 18 heavy (non-hydrogen) atoms. The Balaban J connectivity index is 2.30. The fourth-order valence-electron chi connectivity index (χ4n) is 2.29. The molecular formula is C14H19F2NO. The molecule has 0 saturated carbocycles. The van der Waals surface area contributed by atoms with E-state index in [0.717, 1.165) is 5.56 Å². The van der Waals surface area contributed by atoms with Crippen LogP contribution in [-0.2, 0) is 16.1 Å². The third kappa shape index (κ3) is 2.27. The summed E-state index contributed by atoms with van der Waals surface area (Å²) >= 11 is 0. The summed E-state index contributed by atoms with van der Waals surface area (Å²) in [6.45, 7) is 3.23. The molecule has 0 aromatic heterocycles. The van der Waals surface area contributed by atoms with Gasteiger partial charge < -0.3 is 10.5 Å². The Hall–Kier alpha value is -1.00. The van der Waals surface area contributed by atoms with E-state index in [1.54, 1.807) is 19.1 Å². The Bertz CT molecular complexity index is 411. The molecule has 1 fully saturated rings. The number of benzene rings is 1. The first kappa shape index (κ1) is 13.4. The number of hydrogen-bond donors (Lipinski definition) is 1. The molecule has 0 atom stereocenters. The van der Waals surface area contributed by atoms with Gasteiger partial charge in [0.15, 0.2) is 0 Å². The van der Waals surface area contributed by atoms with Crippen LogP contribution in [0, 0.1) is 0 Å². The average molecular weight is 255 g/mol. The zero-order chi connectivity index (χ0) is 13.2. The molecule has 0 radical (unpaired) electrons. The van der Waals surface area contributed by atoms with Crippen LogP contribution in [0.4, 0.5) is 8.78 Å². The maximum atomic E-state index is 13.9. The standard InChI is InChI=1S/C14H19F2NO/c1-2-6-14(15,16)12-5-3-4-11(7-12)13(8-17)9-18-10-13/h3-5,7H,2,6,8-10,17H2,1H3. The Morgan fingerprint density at radius 3 is 2.61 bits per heavy atom. The van der Waals surface area contributed by atoms with Crippen molar-refractivity contribution < 1.29 is 13.5 Å². The van der Waals surface area contributed by atoms with Crippen molar-refractivity contribution in [3.8, 4) is 0 Å². The first-order chi connectivity index (χ1) is 8.54.